The van der Waals surface area contributed by atoms with Crippen molar-refractivity contribution in [2.45, 2.75) is 45.8 Å². The highest BCUT2D eigenvalue weighted by Gasteiger charge is 2.32. The van der Waals surface area contributed by atoms with Gasteiger partial charge < -0.3 is 14.2 Å². The molecule has 0 bridgehead atoms. The van der Waals surface area contributed by atoms with Crippen molar-refractivity contribution in [3.05, 3.63) is 41.3 Å². The fraction of sp³-hybridized carbons (Fsp3) is 0.529. The molecule has 3 rings (SSSR count). The molecule has 0 aliphatic carbocycles. The van der Waals surface area contributed by atoms with Gasteiger partial charge in [-0.3, -0.25) is 9.78 Å². The summed E-state index contributed by atoms with van der Waals surface area (Å²) < 4.78 is 11.0. The van der Waals surface area contributed by atoms with Gasteiger partial charge in [0.25, 0.3) is 5.89 Å². The molecule has 24 heavy (non-hydrogen) atoms. The standard InChI is InChI=1S/C17H22N4O3/c1-11-6-14(8-18-7-11)4-5-16(22)21-9-12(2)23-15(10-21)17-19-13(3)20-24-17/h6-8,12,15H,4-5,9-10H2,1-3H3/t12-,15-/m1/s1. The zero-order chi connectivity index (χ0) is 17.1. The van der Waals surface area contributed by atoms with E-state index in [1.807, 2.05) is 31.1 Å². The number of hydrogen-bond donors (Lipinski definition) is 0. The topological polar surface area (TPSA) is 81.4 Å². The zero-order valence-corrected chi connectivity index (χ0v) is 14.2. The molecule has 1 fully saturated rings. The third-order valence-corrected chi connectivity index (χ3v) is 3.99. The van der Waals surface area contributed by atoms with Crippen LogP contribution in [0.25, 0.3) is 0 Å². The van der Waals surface area contributed by atoms with Crippen LogP contribution in [0.15, 0.2) is 23.0 Å². The number of morpholine rings is 1. The lowest BCUT2D eigenvalue weighted by atomic mass is 10.1. The van der Waals surface area contributed by atoms with Gasteiger partial charge in [-0.2, -0.15) is 4.98 Å². The van der Waals surface area contributed by atoms with Crippen LogP contribution < -0.4 is 0 Å². The predicted octanol–water partition coefficient (Wildman–Crippen LogP) is 2.00. The van der Waals surface area contributed by atoms with E-state index < -0.39 is 0 Å². The van der Waals surface area contributed by atoms with Crippen molar-refractivity contribution in [1.82, 2.24) is 20.0 Å². The van der Waals surface area contributed by atoms with Gasteiger partial charge in [-0.15, -0.1) is 0 Å². The van der Waals surface area contributed by atoms with Gasteiger partial charge in [-0.25, -0.2) is 0 Å². The Hall–Kier alpha value is -2.28. The lowest BCUT2D eigenvalue weighted by Gasteiger charge is -2.35. The Labute approximate surface area is 141 Å². The van der Waals surface area contributed by atoms with E-state index in [2.05, 4.69) is 21.2 Å². The number of rotatable bonds is 4. The second-order valence-electron chi connectivity index (χ2n) is 6.28. The Kier molecular flexibility index (Phi) is 4.89. The van der Waals surface area contributed by atoms with E-state index in [1.54, 1.807) is 6.92 Å². The number of aryl methyl sites for hydroxylation is 3. The van der Waals surface area contributed by atoms with Gasteiger partial charge in [0, 0.05) is 25.4 Å². The minimum atomic E-state index is -0.362. The van der Waals surface area contributed by atoms with Crippen molar-refractivity contribution >= 4 is 5.91 Å². The Morgan fingerprint density at radius 1 is 1.33 bits per heavy atom. The maximum Gasteiger partial charge on any atom is 0.257 e. The third kappa shape index (κ3) is 3.97. The lowest BCUT2D eigenvalue weighted by Crippen LogP contribution is -2.46. The van der Waals surface area contributed by atoms with Crippen molar-refractivity contribution in [3.63, 3.8) is 0 Å². The molecule has 128 valence electrons. The van der Waals surface area contributed by atoms with Crippen LogP contribution in [-0.2, 0) is 16.0 Å². The average molecular weight is 330 g/mol. The molecule has 1 amide bonds. The van der Waals surface area contributed by atoms with Gasteiger partial charge in [0.2, 0.25) is 5.91 Å². The smallest absolute Gasteiger partial charge is 0.257 e. The van der Waals surface area contributed by atoms with E-state index in [-0.39, 0.29) is 18.1 Å². The Bertz CT molecular complexity index is 715. The summed E-state index contributed by atoms with van der Waals surface area (Å²) in [6.07, 6.45) is 4.33. The van der Waals surface area contributed by atoms with E-state index in [9.17, 15) is 4.79 Å². The maximum absolute atomic E-state index is 12.6. The number of ether oxygens (including phenoxy) is 1. The molecule has 7 heteroatoms. The van der Waals surface area contributed by atoms with Crippen LogP contribution in [-0.4, -0.2) is 45.1 Å². The first kappa shape index (κ1) is 16.6. The van der Waals surface area contributed by atoms with Crippen molar-refractivity contribution in [3.8, 4) is 0 Å². The molecular formula is C17H22N4O3. The van der Waals surface area contributed by atoms with Crippen LogP contribution in [0, 0.1) is 13.8 Å². The first-order valence-corrected chi connectivity index (χ1v) is 8.15. The molecule has 0 unspecified atom stereocenters. The molecule has 0 radical (unpaired) electrons. The maximum atomic E-state index is 12.6. The predicted molar refractivity (Wildman–Crippen MR) is 86.2 cm³/mol. The van der Waals surface area contributed by atoms with Gasteiger partial charge in [0.15, 0.2) is 11.9 Å². The molecule has 1 aliphatic heterocycles. The minimum Gasteiger partial charge on any atom is -0.362 e. The number of hydrogen-bond acceptors (Lipinski definition) is 6. The summed E-state index contributed by atoms with van der Waals surface area (Å²) in [4.78, 5) is 22.8. The van der Waals surface area contributed by atoms with Gasteiger partial charge in [-0.1, -0.05) is 11.2 Å². The van der Waals surface area contributed by atoms with Crippen LogP contribution >= 0.6 is 0 Å². The highest BCUT2D eigenvalue weighted by molar-refractivity contribution is 5.76. The average Bonchev–Trinajstić information content (AvgIpc) is 2.99. The molecule has 2 aromatic rings. The quantitative estimate of drug-likeness (QED) is 0.853. The summed E-state index contributed by atoms with van der Waals surface area (Å²) in [5.74, 6) is 1.10. The molecule has 0 N–H and O–H groups in total. The summed E-state index contributed by atoms with van der Waals surface area (Å²) in [6, 6.07) is 2.06. The summed E-state index contributed by atoms with van der Waals surface area (Å²) in [5.41, 5.74) is 2.18. The lowest BCUT2D eigenvalue weighted by molar-refractivity contribution is -0.146. The second kappa shape index (κ2) is 7.09. The largest absolute Gasteiger partial charge is 0.362 e. The molecule has 1 saturated heterocycles. The summed E-state index contributed by atoms with van der Waals surface area (Å²) in [7, 11) is 0. The van der Waals surface area contributed by atoms with E-state index in [1.165, 1.54) is 0 Å². The molecular weight excluding hydrogens is 308 g/mol. The Morgan fingerprint density at radius 2 is 2.17 bits per heavy atom. The molecule has 2 atom stereocenters. The Balaban J connectivity index is 1.61. The highest BCUT2D eigenvalue weighted by Crippen LogP contribution is 2.24. The fourth-order valence-electron chi connectivity index (χ4n) is 2.90. The number of carbonyl (C=O) groups is 1. The van der Waals surface area contributed by atoms with Gasteiger partial charge in [0.1, 0.15) is 0 Å². The van der Waals surface area contributed by atoms with Crippen LogP contribution in [0.1, 0.15) is 42.3 Å². The molecule has 0 aromatic carbocycles. The molecule has 3 heterocycles. The van der Waals surface area contributed by atoms with E-state index >= 15 is 0 Å². The monoisotopic (exact) mass is 330 g/mol. The first-order valence-electron chi connectivity index (χ1n) is 8.15. The first-order chi connectivity index (χ1) is 11.5. The summed E-state index contributed by atoms with van der Waals surface area (Å²) >= 11 is 0. The van der Waals surface area contributed by atoms with Crippen molar-refractivity contribution < 1.29 is 14.1 Å². The fourth-order valence-corrected chi connectivity index (χ4v) is 2.90. The number of amides is 1. The van der Waals surface area contributed by atoms with Crippen molar-refractivity contribution in [2.75, 3.05) is 13.1 Å². The zero-order valence-electron chi connectivity index (χ0n) is 14.2. The SMILES string of the molecule is Cc1cncc(CCC(=O)N2C[C@@H](C)O[C@@H](c3nc(C)no3)C2)c1. The number of aromatic nitrogens is 3. The van der Waals surface area contributed by atoms with Crippen molar-refractivity contribution in [2.24, 2.45) is 0 Å². The van der Waals surface area contributed by atoms with Crippen LogP contribution in [0.4, 0.5) is 0 Å². The van der Waals surface area contributed by atoms with Crippen LogP contribution in [0.2, 0.25) is 0 Å². The molecule has 7 nitrogen and oxygen atoms in total. The van der Waals surface area contributed by atoms with Crippen molar-refractivity contribution in [1.29, 1.82) is 0 Å². The van der Waals surface area contributed by atoms with Gasteiger partial charge in [0.05, 0.1) is 12.6 Å². The number of nitrogens with zero attached hydrogens (tertiary/aromatic N) is 4. The van der Waals surface area contributed by atoms with Gasteiger partial charge in [-0.05, 0) is 38.3 Å². The van der Waals surface area contributed by atoms with E-state index in [0.717, 1.165) is 11.1 Å². The Morgan fingerprint density at radius 3 is 2.88 bits per heavy atom. The molecule has 0 spiro atoms. The summed E-state index contributed by atoms with van der Waals surface area (Å²) in [5, 5.41) is 3.79. The second-order valence-corrected chi connectivity index (χ2v) is 6.28. The van der Waals surface area contributed by atoms with Crippen LogP contribution in [0.5, 0.6) is 0 Å². The highest BCUT2D eigenvalue weighted by atomic mass is 16.5. The van der Waals surface area contributed by atoms with E-state index in [4.69, 9.17) is 9.26 Å². The minimum absolute atomic E-state index is 0.0689. The van der Waals surface area contributed by atoms with E-state index in [0.29, 0.717) is 37.6 Å². The molecule has 0 saturated carbocycles. The molecule has 2 aromatic heterocycles. The molecule has 1 aliphatic rings. The third-order valence-electron chi connectivity index (χ3n) is 3.99. The van der Waals surface area contributed by atoms with Crippen LogP contribution in [0.3, 0.4) is 0 Å². The number of carbonyl (C=O) groups excluding carboxylic acids is 1. The number of pyridine rings is 1. The summed E-state index contributed by atoms with van der Waals surface area (Å²) in [6.45, 7) is 6.72. The normalized spacial score (nSPS) is 21.0. The van der Waals surface area contributed by atoms with Gasteiger partial charge >= 0.3 is 0 Å².